The lowest BCUT2D eigenvalue weighted by Gasteiger charge is -2.17. The van der Waals surface area contributed by atoms with Gasteiger partial charge in [-0.15, -0.1) is 0 Å². The molecule has 0 aliphatic carbocycles. The van der Waals surface area contributed by atoms with E-state index in [0.717, 1.165) is 9.80 Å². The Kier molecular flexibility index (Phi) is 5.25. The van der Waals surface area contributed by atoms with Crippen molar-refractivity contribution in [3.8, 4) is 0 Å². The lowest BCUT2D eigenvalue weighted by Crippen LogP contribution is -2.39. The van der Waals surface area contributed by atoms with Crippen molar-refractivity contribution in [1.29, 1.82) is 0 Å². The highest BCUT2D eigenvalue weighted by atomic mass is 32.2. The van der Waals surface area contributed by atoms with E-state index in [1.807, 2.05) is 24.3 Å². The van der Waals surface area contributed by atoms with E-state index in [-0.39, 0.29) is 5.91 Å². The third-order valence-electron chi connectivity index (χ3n) is 2.38. The third-order valence-corrected chi connectivity index (χ3v) is 3.43. The molecule has 0 fully saturated rings. The third kappa shape index (κ3) is 4.09. The van der Waals surface area contributed by atoms with Gasteiger partial charge in [0.1, 0.15) is 0 Å². The predicted molar refractivity (Wildman–Crippen MR) is 77.1 cm³/mol. The number of hydrogen-bond acceptors (Lipinski definition) is 4. The second-order valence-corrected chi connectivity index (χ2v) is 5.44. The molecule has 1 unspecified atom stereocenters. The van der Waals surface area contributed by atoms with Gasteiger partial charge < -0.3 is 16.4 Å². The molecule has 5 heteroatoms. The quantitative estimate of drug-likeness (QED) is 0.627. The Morgan fingerprint density at radius 1 is 1.44 bits per heavy atom. The fourth-order valence-corrected chi connectivity index (χ4v) is 2.34. The predicted octanol–water partition coefficient (Wildman–Crippen LogP) is 1.68. The number of carbonyl (C=O) groups is 1. The molecule has 1 aromatic carbocycles. The maximum Gasteiger partial charge on any atom is 0.239 e. The van der Waals surface area contributed by atoms with Crippen molar-refractivity contribution in [2.24, 2.45) is 5.73 Å². The molecule has 0 bridgehead atoms. The largest absolute Gasteiger partial charge is 0.398 e. The first-order chi connectivity index (χ1) is 8.41. The van der Waals surface area contributed by atoms with Crippen molar-refractivity contribution in [1.82, 2.24) is 4.90 Å². The van der Waals surface area contributed by atoms with Crippen LogP contribution in [0.2, 0.25) is 0 Å². The molecule has 1 amide bonds. The number of hydrogen-bond donors (Lipinski definition) is 2. The van der Waals surface area contributed by atoms with Crippen LogP contribution in [0, 0.1) is 0 Å². The molecule has 18 heavy (non-hydrogen) atoms. The van der Waals surface area contributed by atoms with Crippen LogP contribution >= 0.6 is 11.8 Å². The first-order valence-electron chi connectivity index (χ1n) is 5.58. The summed E-state index contributed by atoms with van der Waals surface area (Å²) in [4.78, 5) is 14.9. The summed E-state index contributed by atoms with van der Waals surface area (Å²) >= 11 is 1.46. The van der Waals surface area contributed by atoms with Crippen LogP contribution in [0.25, 0.3) is 0 Å². The highest BCUT2D eigenvalue weighted by Crippen LogP contribution is 2.32. The minimum absolute atomic E-state index is 0.0993. The normalized spacial score (nSPS) is 11.9. The van der Waals surface area contributed by atoms with Crippen molar-refractivity contribution in [2.45, 2.75) is 17.4 Å². The number of benzene rings is 1. The van der Waals surface area contributed by atoms with E-state index in [4.69, 9.17) is 11.5 Å². The summed E-state index contributed by atoms with van der Waals surface area (Å²) in [5, 5.41) is 0. The number of anilines is 1. The van der Waals surface area contributed by atoms with E-state index in [0.29, 0.717) is 12.1 Å². The average molecular weight is 265 g/mol. The van der Waals surface area contributed by atoms with E-state index >= 15 is 0 Å². The molecule has 1 aromatic rings. The summed E-state index contributed by atoms with van der Waals surface area (Å²) in [5.74, 6) is -0.0993. The molecule has 4 nitrogen and oxygen atoms in total. The van der Waals surface area contributed by atoms with Gasteiger partial charge in [-0.1, -0.05) is 30.5 Å². The first kappa shape index (κ1) is 14.6. The first-order valence-corrected chi connectivity index (χ1v) is 6.40. The number of nitrogen functional groups attached to an aromatic ring is 1. The van der Waals surface area contributed by atoms with E-state index in [9.17, 15) is 4.79 Å². The van der Waals surface area contributed by atoms with Gasteiger partial charge in [0.2, 0.25) is 5.91 Å². The van der Waals surface area contributed by atoms with Crippen LogP contribution in [0.15, 0.2) is 40.6 Å². The Balaban J connectivity index is 2.58. The Morgan fingerprint density at radius 2 is 2.06 bits per heavy atom. The summed E-state index contributed by atoms with van der Waals surface area (Å²) in [5.41, 5.74) is 12.4. The average Bonchev–Trinajstić information content (AvgIpc) is 2.30. The van der Waals surface area contributed by atoms with Crippen LogP contribution in [0.4, 0.5) is 5.69 Å². The molecule has 0 aromatic heterocycles. The SMILES string of the molecule is C=C(CC(N)C(=O)N(C)C)Sc1ccccc1N. The van der Waals surface area contributed by atoms with Gasteiger partial charge in [-0.25, -0.2) is 0 Å². The zero-order chi connectivity index (χ0) is 13.7. The van der Waals surface area contributed by atoms with E-state index in [1.165, 1.54) is 16.7 Å². The van der Waals surface area contributed by atoms with Crippen molar-refractivity contribution in [3.63, 3.8) is 0 Å². The van der Waals surface area contributed by atoms with Crippen LogP contribution in [-0.2, 0) is 4.79 Å². The van der Waals surface area contributed by atoms with Gasteiger partial charge in [-0.05, 0) is 17.0 Å². The number of carbonyl (C=O) groups excluding carboxylic acids is 1. The van der Waals surface area contributed by atoms with Gasteiger partial charge in [0.15, 0.2) is 0 Å². The highest BCUT2D eigenvalue weighted by Gasteiger charge is 2.17. The molecule has 1 atom stereocenters. The van der Waals surface area contributed by atoms with Crippen molar-refractivity contribution >= 4 is 23.4 Å². The lowest BCUT2D eigenvalue weighted by atomic mass is 10.2. The molecule has 0 heterocycles. The molecular weight excluding hydrogens is 246 g/mol. The second-order valence-electron chi connectivity index (χ2n) is 4.22. The van der Waals surface area contributed by atoms with Gasteiger partial charge in [0, 0.05) is 31.1 Å². The fourth-order valence-electron chi connectivity index (χ4n) is 1.43. The van der Waals surface area contributed by atoms with Crippen LogP contribution < -0.4 is 11.5 Å². The number of thioether (sulfide) groups is 1. The van der Waals surface area contributed by atoms with Crippen LogP contribution in [-0.4, -0.2) is 30.9 Å². The molecule has 0 radical (unpaired) electrons. The molecule has 4 N–H and O–H groups in total. The smallest absolute Gasteiger partial charge is 0.239 e. The molecule has 0 aliphatic heterocycles. The molecular formula is C13H19N3OS. The number of amides is 1. The van der Waals surface area contributed by atoms with Crippen LogP contribution in [0.1, 0.15) is 6.42 Å². The van der Waals surface area contributed by atoms with Gasteiger partial charge in [0.05, 0.1) is 6.04 Å². The minimum atomic E-state index is -0.551. The Bertz CT molecular complexity index is 446. The van der Waals surface area contributed by atoms with Crippen LogP contribution in [0.5, 0.6) is 0 Å². The van der Waals surface area contributed by atoms with Crippen molar-refractivity contribution in [2.75, 3.05) is 19.8 Å². The van der Waals surface area contributed by atoms with Gasteiger partial charge in [-0.2, -0.15) is 0 Å². The highest BCUT2D eigenvalue weighted by molar-refractivity contribution is 8.03. The topological polar surface area (TPSA) is 72.4 Å². The molecule has 1 rings (SSSR count). The summed E-state index contributed by atoms with van der Waals surface area (Å²) in [6.07, 6.45) is 0.440. The van der Waals surface area contributed by atoms with Gasteiger partial charge in [0.25, 0.3) is 0 Å². The van der Waals surface area contributed by atoms with E-state index < -0.39 is 6.04 Å². The minimum Gasteiger partial charge on any atom is -0.398 e. The Labute approximate surface area is 112 Å². The summed E-state index contributed by atoms with van der Waals surface area (Å²) in [6.45, 7) is 3.93. The summed E-state index contributed by atoms with van der Waals surface area (Å²) in [7, 11) is 3.38. The van der Waals surface area contributed by atoms with Crippen molar-refractivity contribution in [3.05, 3.63) is 35.7 Å². The molecule has 0 spiro atoms. The molecule has 0 saturated heterocycles. The monoisotopic (exact) mass is 265 g/mol. The summed E-state index contributed by atoms with van der Waals surface area (Å²) in [6, 6.07) is 7.00. The van der Waals surface area contributed by atoms with Gasteiger partial charge in [-0.3, -0.25) is 4.79 Å². The molecule has 0 saturated carbocycles. The zero-order valence-corrected chi connectivity index (χ0v) is 11.5. The Hall–Kier alpha value is -1.46. The zero-order valence-electron chi connectivity index (χ0n) is 10.7. The van der Waals surface area contributed by atoms with E-state index in [2.05, 4.69) is 6.58 Å². The van der Waals surface area contributed by atoms with Gasteiger partial charge >= 0.3 is 0 Å². The van der Waals surface area contributed by atoms with E-state index in [1.54, 1.807) is 14.1 Å². The maximum absolute atomic E-state index is 11.6. The number of nitrogens with zero attached hydrogens (tertiary/aromatic N) is 1. The van der Waals surface area contributed by atoms with Crippen LogP contribution in [0.3, 0.4) is 0 Å². The Morgan fingerprint density at radius 3 is 2.61 bits per heavy atom. The van der Waals surface area contributed by atoms with Crippen molar-refractivity contribution < 1.29 is 4.79 Å². The second kappa shape index (κ2) is 6.47. The number of likely N-dealkylation sites (N-methyl/N-ethyl adjacent to an activating group) is 1. The summed E-state index contributed by atoms with van der Waals surface area (Å²) < 4.78 is 0. The molecule has 98 valence electrons. The maximum atomic E-state index is 11.6. The number of rotatable bonds is 5. The fraction of sp³-hybridized carbons (Fsp3) is 0.308. The lowest BCUT2D eigenvalue weighted by molar-refractivity contribution is -0.129. The number of nitrogens with two attached hydrogens (primary N) is 2. The number of para-hydroxylation sites is 1. The standard InChI is InChI=1S/C13H19N3OS/c1-9(8-11(15)13(17)16(2)3)18-12-7-5-4-6-10(12)14/h4-7,11H,1,8,14-15H2,2-3H3. The molecule has 0 aliphatic rings.